The van der Waals surface area contributed by atoms with Crippen molar-refractivity contribution in [3.05, 3.63) is 83.4 Å². The molecule has 2 aliphatic rings. The SMILES string of the molecule is COc1ccc(OC)c(CCNC(=O)c2ccccc2C2CCN(CCN3C(=O)COc4ccccc43)CC2)c1. The summed E-state index contributed by atoms with van der Waals surface area (Å²) in [7, 11) is 3.28. The minimum atomic E-state index is -0.0515. The van der Waals surface area contributed by atoms with Gasteiger partial charge in [0.25, 0.3) is 11.8 Å². The third kappa shape index (κ3) is 6.23. The van der Waals surface area contributed by atoms with Crippen LogP contribution in [-0.4, -0.2) is 70.3 Å². The summed E-state index contributed by atoms with van der Waals surface area (Å²) in [5.74, 6) is 2.58. The lowest BCUT2D eigenvalue weighted by Gasteiger charge is -2.35. The molecule has 0 aliphatic carbocycles. The first-order valence-electron chi connectivity index (χ1n) is 13.9. The molecule has 0 unspecified atom stereocenters. The predicted octanol–water partition coefficient (Wildman–Crippen LogP) is 4.28. The van der Waals surface area contributed by atoms with Crippen molar-refractivity contribution in [2.45, 2.75) is 25.2 Å². The van der Waals surface area contributed by atoms with E-state index in [-0.39, 0.29) is 18.4 Å². The van der Waals surface area contributed by atoms with E-state index in [2.05, 4.69) is 16.3 Å². The van der Waals surface area contributed by atoms with Gasteiger partial charge in [0.15, 0.2) is 6.61 Å². The van der Waals surface area contributed by atoms with Gasteiger partial charge < -0.3 is 29.3 Å². The molecule has 40 heavy (non-hydrogen) atoms. The van der Waals surface area contributed by atoms with E-state index >= 15 is 0 Å². The van der Waals surface area contributed by atoms with Crippen LogP contribution in [-0.2, 0) is 11.2 Å². The molecular weight excluding hydrogens is 506 g/mol. The minimum Gasteiger partial charge on any atom is -0.497 e. The first kappa shape index (κ1) is 27.5. The average molecular weight is 544 g/mol. The van der Waals surface area contributed by atoms with Crippen LogP contribution in [0.4, 0.5) is 5.69 Å². The Hall–Kier alpha value is -4.04. The molecule has 2 heterocycles. The number of rotatable bonds is 10. The molecule has 1 N–H and O–H groups in total. The summed E-state index contributed by atoms with van der Waals surface area (Å²) < 4.78 is 16.4. The Balaban J connectivity index is 1.15. The number of carbonyl (C=O) groups is 2. The van der Waals surface area contributed by atoms with E-state index in [9.17, 15) is 9.59 Å². The number of likely N-dealkylation sites (tertiary alicyclic amines) is 1. The number of fused-ring (bicyclic) bond motifs is 1. The lowest BCUT2D eigenvalue weighted by molar-refractivity contribution is -0.121. The highest BCUT2D eigenvalue weighted by molar-refractivity contribution is 5.98. The molecule has 0 aromatic heterocycles. The highest BCUT2D eigenvalue weighted by Gasteiger charge is 2.28. The number of amides is 2. The number of piperidine rings is 1. The molecule has 210 valence electrons. The molecule has 0 spiro atoms. The standard InChI is InChI=1S/C32H37N3O5/c1-38-25-11-12-29(39-2)24(21-25)13-16-33-32(37)27-8-4-3-7-26(27)23-14-17-34(18-15-23)19-20-35-28-9-5-6-10-30(28)40-22-31(35)36/h3-12,21,23H,13-20,22H2,1-2H3,(H,33,37). The molecule has 2 amide bonds. The zero-order valence-electron chi connectivity index (χ0n) is 23.2. The van der Waals surface area contributed by atoms with Gasteiger partial charge in [0.1, 0.15) is 17.2 Å². The molecule has 1 saturated heterocycles. The molecule has 0 radical (unpaired) electrons. The molecule has 0 bridgehead atoms. The fourth-order valence-corrected chi connectivity index (χ4v) is 5.65. The summed E-state index contributed by atoms with van der Waals surface area (Å²) in [6.45, 7) is 3.89. The zero-order chi connectivity index (χ0) is 27.9. The topological polar surface area (TPSA) is 80.3 Å². The maximum atomic E-state index is 13.2. The zero-order valence-corrected chi connectivity index (χ0v) is 23.2. The van der Waals surface area contributed by atoms with Crippen molar-refractivity contribution in [3.63, 3.8) is 0 Å². The van der Waals surface area contributed by atoms with Gasteiger partial charge in [0.05, 0.1) is 19.9 Å². The van der Waals surface area contributed by atoms with Gasteiger partial charge in [-0.05, 0) is 85.8 Å². The number of methoxy groups -OCH3 is 2. The predicted molar refractivity (Wildman–Crippen MR) is 155 cm³/mol. The van der Waals surface area contributed by atoms with Gasteiger partial charge >= 0.3 is 0 Å². The van der Waals surface area contributed by atoms with Gasteiger partial charge in [0, 0.05) is 25.2 Å². The van der Waals surface area contributed by atoms with Crippen molar-refractivity contribution in [2.24, 2.45) is 0 Å². The monoisotopic (exact) mass is 543 g/mol. The van der Waals surface area contributed by atoms with E-state index in [0.717, 1.165) is 72.1 Å². The maximum absolute atomic E-state index is 13.2. The number of benzene rings is 3. The van der Waals surface area contributed by atoms with E-state index in [1.54, 1.807) is 14.2 Å². The highest BCUT2D eigenvalue weighted by atomic mass is 16.5. The average Bonchev–Trinajstić information content (AvgIpc) is 3.00. The van der Waals surface area contributed by atoms with Crippen molar-refractivity contribution >= 4 is 17.5 Å². The van der Waals surface area contributed by atoms with E-state index in [0.29, 0.717) is 25.4 Å². The van der Waals surface area contributed by atoms with Crippen molar-refractivity contribution in [2.75, 3.05) is 58.5 Å². The van der Waals surface area contributed by atoms with Crippen molar-refractivity contribution in [1.82, 2.24) is 10.2 Å². The van der Waals surface area contributed by atoms with Gasteiger partial charge in [-0.3, -0.25) is 9.59 Å². The van der Waals surface area contributed by atoms with Gasteiger partial charge in [-0.2, -0.15) is 0 Å². The van der Waals surface area contributed by atoms with Crippen LogP contribution in [0.1, 0.15) is 40.2 Å². The summed E-state index contributed by atoms with van der Waals surface area (Å²) in [6, 6.07) is 21.3. The number of nitrogens with one attached hydrogen (secondary N) is 1. The van der Waals surface area contributed by atoms with Crippen LogP contribution < -0.4 is 24.4 Å². The van der Waals surface area contributed by atoms with Crippen LogP contribution in [0.5, 0.6) is 17.2 Å². The van der Waals surface area contributed by atoms with Crippen LogP contribution in [0.2, 0.25) is 0 Å². The molecule has 0 saturated carbocycles. The number of hydrogen-bond acceptors (Lipinski definition) is 6. The number of hydrogen-bond donors (Lipinski definition) is 1. The lowest BCUT2D eigenvalue weighted by Crippen LogP contribution is -2.45. The normalized spacial score (nSPS) is 15.8. The highest BCUT2D eigenvalue weighted by Crippen LogP contribution is 2.33. The van der Waals surface area contributed by atoms with Crippen LogP contribution in [0.3, 0.4) is 0 Å². The first-order chi connectivity index (χ1) is 19.6. The fourth-order valence-electron chi connectivity index (χ4n) is 5.65. The van der Waals surface area contributed by atoms with Gasteiger partial charge in [-0.25, -0.2) is 0 Å². The lowest BCUT2D eigenvalue weighted by atomic mass is 9.86. The minimum absolute atomic E-state index is 0.00151. The Labute approximate surface area is 235 Å². The molecule has 3 aromatic carbocycles. The Morgan fingerprint density at radius 2 is 1.75 bits per heavy atom. The molecule has 1 fully saturated rings. The number of para-hydroxylation sites is 2. The van der Waals surface area contributed by atoms with Gasteiger partial charge in [0.2, 0.25) is 0 Å². The fraction of sp³-hybridized carbons (Fsp3) is 0.375. The molecule has 5 rings (SSSR count). The van der Waals surface area contributed by atoms with Crippen LogP contribution in [0.15, 0.2) is 66.7 Å². The molecule has 3 aromatic rings. The van der Waals surface area contributed by atoms with E-state index in [4.69, 9.17) is 14.2 Å². The number of anilines is 1. The molecule has 8 nitrogen and oxygen atoms in total. The van der Waals surface area contributed by atoms with Crippen LogP contribution >= 0.6 is 0 Å². The van der Waals surface area contributed by atoms with Crippen LogP contribution in [0.25, 0.3) is 0 Å². The smallest absolute Gasteiger partial charge is 0.265 e. The molecule has 8 heteroatoms. The second kappa shape index (κ2) is 12.9. The first-order valence-corrected chi connectivity index (χ1v) is 13.9. The Morgan fingerprint density at radius 1 is 0.975 bits per heavy atom. The Bertz CT molecular complexity index is 1340. The summed E-state index contributed by atoms with van der Waals surface area (Å²) in [5.41, 5.74) is 3.69. The van der Waals surface area contributed by atoms with E-state index in [1.165, 1.54) is 0 Å². The Kier molecular flexibility index (Phi) is 8.86. The number of carbonyl (C=O) groups excluding carboxylic acids is 2. The summed E-state index contributed by atoms with van der Waals surface area (Å²) in [5, 5.41) is 3.10. The molecule has 2 aliphatic heterocycles. The van der Waals surface area contributed by atoms with Gasteiger partial charge in [-0.1, -0.05) is 30.3 Å². The van der Waals surface area contributed by atoms with Gasteiger partial charge in [-0.15, -0.1) is 0 Å². The molecular formula is C32H37N3O5. The summed E-state index contributed by atoms with van der Waals surface area (Å²) in [6.07, 6.45) is 2.58. The number of nitrogens with zero attached hydrogens (tertiary/aromatic N) is 2. The number of ether oxygens (including phenoxy) is 3. The summed E-state index contributed by atoms with van der Waals surface area (Å²) in [4.78, 5) is 30.0. The van der Waals surface area contributed by atoms with E-state index < -0.39 is 0 Å². The third-order valence-corrected chi connectivity index (χ3v) is 7.85. The second-order valence-electron chi connectivity index (χ2n) is 10.2. The van der Waals surface area contributed by atoms with Crippen molar-refractivity contribution in [3.8, 4) is 17.2 Å². The third-order valence-electron chi connectivity index (χ3n) is 7.85. The summed E-state index contributed by atoms with van der Waals surface area (Å²) >= 11 is 0. The maximum Gasteiger partial charge on any atom is 0.265 e. The Morgan fingerprint density at radius 3 is 2.55 bits per heavy atom. The van der Waals surface area contributed by atoms with Crippen LogP contribution in [0, 0.1) is 0 Å². The quantitative estimate of drug-likeness (QED) is 0.411. The van der Waals surface area contributed by atoms with E-state index in [1.807, 2.05) is 65.6 Å². The van der Waals surface area contributed by atoms with Crippen molar-refractivity contribution in [1.29, 1.82) is 0 Å². The second-order valence-corrected chi connectivity index (χ2v) is 10.2. The molecule has 0 atom stereocenters. The largest absolute Gasteiger partial charge is 0.497 e. The van der Waals surface area contributed by atoms with Crippen molar-refractivity contribution < 1.29 is 23.8 Å².